The third kappa shape index (κ3) is 8.15. The molecule has 5 atom stereocenters. The van der Waals surface area contributed by atoms with E-state index < -0.39 is 54.0 Å². The summed E-state index contributed by atoms with van der Waals surface area (Å²) >= 11 is 6.49. The predicted octanol–water partition coefficient (Wildman–Crippen LogP) is -1.57. The highest BCUT2D eigenvalue weighted by Crippen LogP contribution is 2.30. The normalized spacial score (nSPS) is 20.9. The minimum atomic E-state index is -1.33. The first kappa shape index (κ1) is 31.8. The summed E-state index contributed by atoms with van der Waals surface area (Å²) in [7, 11) is 1.14. The number of ether oxygens (including phenoxy) is 1. The van der Waals surface area contributed by atoms with Gasteiger partial charge in [0.05, 0.1) is 19.3 Å². The Labute approximate surface area is 241 Å². The van der Waals surface area contributed by atoms with Crippen molar-refractivity contribution in [3.63, 3.8) is 0 Å². The maximum absolute atomic E-state index is 13.4. The van der Waals surface area contributed by atoms with Gasteiger partial charge in [0.2, 0.25) is 17.7 Å². The molecule has 1 aliphatic rings. The molecule has 14 heteroatoms. The first-order valence-electron chi connectivity index (χ1n) is 12.9. The second kappa shape index (κ2) is 14.2. The van der Waals surface area contributed by atoms with Crippen molar-refractivity contribution in [2.75, 3.05) is 20.2 Å². The summed E-state index contributed by atoms with van der Waals surface area (Å²) in [6, 6.07) is 4.94. The van der Waals surface area contributed by atoms with Gasteiger partial charge in [-0.15, -0.1) is 0 Å². The van der Waals surface area contributed by atoms with Gasteiger partial charge in [0.15, 0.2) is 0 Å². The standard InChI is InChI=1S/C27H35ClN6O7/c1-41-27(40)22(12-30)34-25(38)20-9-15-6-13(2-4-18(15)28)14-3-5-23(36)16(7-14)8-19(31)24(37)32-21(26(39)33-20)10-17(35)11-29/h2-7,17,19-22,35-36H,8-12,29-31H2,1H3,(H,32,37)(H,33,39)(H,34,38)/t17-,19+,20+,21+,22+/m1/s1. The van der Waals surface area contributed by atoms with E-state index in [1.54, 1.807) is 30.3 Å². The first-order chi connectivity index (χ1) is 19.5. The van der Waals surface area contributed by atoms with Gasteiger partial charge in [-0.25, -0.2) is 4.79 Å². The number of benzene rings is 2. The van der Waals surface area contributed by atoms with Gasteiger partial charge in [-0.1, -0.05) is 23.7 Å². The molecule has 3 rings (SSSR count). The molecule has 1 aliphatic heterocycles. The Morgan fingerprint density at radius 2 is 1.71 bits per heavy atom. The van der Waals surface area contributed by atoms with Gasteiger partial charge in [0, 0.05) is 37.4 Å². The maximum atomic E-state index is 13.4. The summed E-state index contributed by atoms with van der Waals surface area (Å²) in [6.07, 6.45) is -1.62. The average molecular weight is 591 g/mol. The van der Waals surface area contributed by atoms with Crippen molar-refractivity contribution in [3.8, 4) is 16.9 Å². The van der Waals surface area contributed by atoms with E-state index in [-0.39, 0.29) is 38.1 Å². The van der Waals surface area contributed by atoms with Gasteiger partial charge in [-0.05, 0) is 46.5 Å². The third-order valence-electron chi connectivity index (χ3n) is 6.74. The summed E-state index contributed by atoms with van der Waals surface area (Å²) in [5, 5.41) is 28.5. The number of amides is 3. The monoisotopic (exact) mass is 590 g/mol. The van der Waals surface area contributed by atoms with E-state index in [1.165, 1.54) is 6.07 Å². The summed E-state index contributed by atoms with van der Waals surface area (Å²) < 4.78 is 4.68. The lowest BCUT2D eigenvalue weighted by atomic mass is 9.96. The second-order valence-corrected chi connectivity index (χ2v) is 10.1. The van der Waals surface area contributed by atoms with Crippen molar-refractivity contribution in [3.05, 3.63) is 52.5 Å². The number of halogens is 1. The van der Waals surface area contributed by atoms with E-state index in [2.05, 4.69) is 20.7 Å². The van der Waals surface area contributed by atoms with Gasteiger partial charge in [0.25, 0.3) is 0 Å². The van der Waals surface area contributed by atoms with Gasteiger partial charge >= 0.3 is 5.97 Å². The molecule has 0 fully saturated rings. The van der Waals surface area contributed by atoms with Crippen molar-refractivity contribution in [2.24, 2.45) is 17.2 Å². The Morgan fingerprint density at radius 3 is 2.34 bits per heavy atom. The Morgan fingerprint density at radius 1 is 1.05 bits per heavy atom. The van der Waals surface area contributed by atoms with E-state index in [0.29, 0.717) is 27.3 Å². The van der Waals surface area contributed by atoms with E-state index in [0.717, 1.165) is 7.11 Å². The summed E-state index contributed by atoms with van der Waals surface area (Å²) in [5.41, 5.74) is 19.5. The van der Waals surface area contributed by atoms with E-state index in [1.807, 2.05) is 0 Å². The highest BCUT2D eigenvalue weighted by Gasteiger charge is 2.32. The molecule has 0 aliphatic carbocycles. The van der Waals surface area contributed by atoms with Gasteiger partial charge in [-0.3, -0.25) is 14.4 Å². The van der Waals surface area contributed by atoms with Gasteiger partial charge in [0.1, 0.15) is 23.9 Å². The number of hydrogen-bond donors (Lipinski definition) is 8. The smallest absolute Gasteiger partial charge is 0.329 e. The summed E-state index contributed by atoms with van der Waals surface area (Å²) in [5.74, 6) is -3.16. The lowest BCUT2D eigenvalue weighted by Gasteiger charge is -2.26. The van der Waals surface area contributed by atoms with Gasteiger partial charge < -0.3 is 48.1 Å². The zero-order chi connectivity index (χ0) is 30.3. The molecule has 0 spiro atoms. The molecule has 41 heavy (non-hydrogen) atoms. The van der Waals surface area contributed by atoms with Crippen LogP contribution in [0.3, 0.4) is 0 Å². The van der Waals surface area contributed by atoms with Gasteiger partial charge in [-0.2, -0.15) is 0 Å². The molecule has 0 radical (unpaired) electrons. The molecule has 0 saturated heterocycles. The van der Waals surface area contributed by atoms with Crippen LogP contribution in [0, 0.1) is 0 Å². The van der Waals surface area contributed by atoms with E-state index in [4.69, 9.17) is 28.8 Å². The molecule has 0 aromatic heterocycles. The molecule has 11 N–H and O–H groups in total. The molecule has 0 unspecified atom stereocenters. The third-order valence-corrected chi connectivity index (χ3v) is 7.11. The number of aliphatic hydroxyl groups excluding tert-OH is 1. The van der Waals surface area contributed by atoms with Crippen molar-refractivity contribution in [1.29, 1.82) is 0 Å². The molecule has 2 aromatic carbocycles. The Balaban J connectivity index is 2.11. The number of aliphatic hydroxyl groups is 1. The number of carbonyl (C=O) groups excluding carboxylic acids is 4. The number of esters is 1. The lowest BCUT2D eigenvalue weighted by Crippen LogP contribution is -2.59. The van der Waals surface area contributed by atoms with Crippen molar-refractivity contribution >= 4 is 35.3 Å². The lowest BCUT2D eigenvalue weighted by molar-refractivity contribution is -0.145. The topological polar surface area (TPSA) is 232 Å². The number of phenolic OH excluding ortho intramolecular Hbond substituents is 1. The second-order valence-electron chi connectivity index (χ2n) is 9.73. The van der Waals surface area contributed by atoms with Crippen LogP contribution in [0.4, 0.5) is 0 Å². The Hall–Kier alpha value is -3.75. The number of aromatic hydroxyl groups is 1. The van der Waals surface area contributed by atoms with Crippen LogP contribution in [-0.2, 0) is 36.8 Å². The quantitative estimate of drug-likeness (QED) is 0.173. The summed E-state index contributed by atoms with van der Waals surface area (Å²) in [4.78, 5) is 51.9. The van der Waals surface area contributed by atoms with Crippen molar-refractivity contribution < 1.29 is 34.1 Å². The minimum Gasteiger partial charge on any atom is -0.508 e. The van der Waals surface area contributed by atoms with Crippen LogP contribution in [0.5, 0.6) is 5.75 Å². The minimum absolute atomic E-state index is 0.0568. The highest BCUT2D eigenvalue weighted by molar-refractivity contribution is 6.31. The van der Waals surface area contributed by atoms with Crippen LogP contribution in [0.15, 0.2) is 36.4 Å². The average Bonchev–Trinajstić information content (AvgIpc) is 2.96. The Kier molecular flexibility index (Phi) is 11.0. The van der Waals surface area contributed by atoms with Crippen LogP contribution in [0.2, 0.25) is 5.02 Å². The number of fused-ring (bicyclic) bond motifs is 5. The largest absolute Gasteiger partial charge is 0.508 e. The number of hydrogen-bond acceptors (Lipinski definition) is 10. The molecule has 1 heterocycles. The number of methoxy groups -OCH3 is 1. The molecule has 222 valence electrons. The molecule has 2 aromatic rings. The number of rotatable bonds is 7. The van der Waals surface area contributed by atoms with Crippen molar-refractivity contribution in [2.45, 2.75) is 49.5 Å². The zero-order valence-corrected chi connectivity index (χ0v) is 23.2. The Bertz CT molecular complexity index is 1290. The molecule has 4 bridgehead atoms. The highest BCUT2D eigenvalue weighted by atomic mass is 35.5. The van der Waals surface area contributed by atoms with E-state index in [9.17, 15) is 29.4 Å². The van der Waals surface area contributed by atoms with Crippen LogP contribution < -0.4 is 33.2 Å². The fourth-order valence-electron chi connectivity index (χ4n) is 4.38. The predicted molar refractivity (Wildman–Crippen MR) is 150 cm³/mol. The van der Waals surface area contributed by atoms with Crippen LogP contribution in [0.1, 0.15) is 17.5 Å². The van der Waals surface area contributed by atoms with E-state index >= 15 is 0 Å². The number of nitrogens with two attached hydrogens (primary N) is 3. The van der Waals surface area contributed by atoms with Crippen molar-refractivity contribution in [1.82, 2.24) is 16.0 Å². The molecular weight excluding hydrogens is 556 g/mol. The molecular formula is C27H35ClN6O7. The number of carbonyl (C=O) groups is 4. The zero-order valence-electron chi connectivity index (χ0n) is 22.4. The fraction of sp³-hybridized carbons (Fsp3) is 0.407. The summed E-state index contributed by atoms with van der Waals surface area (Å²) in [6.45, 7) is -0.465. The molecule has 3 amide bonds. The fourth-order valence-corrected chi connectivity index (χ4v) is 4.57. The van der Waals surface area contributed by atoms with Crippen LogP contribution in [-0.4, -0.2) is 84.4 Å². The number of phenols is 1. The van der Waals surface area contributed by atoms with Crippen LogP contribution >= 0.6 is 11.6 Å². The maximum Gasteiger partial charge on any atom is 0.329 e. The number of nitrogens with one attached hydrogen (secondary N) is 3. The molecule has 13 nitrogen and oxygen atoms in total. The first-order valence-corrected chi connectivity index (χ1v) is 13.3. The molecule has 0 saturated carbocycles. The van der Waals surface area contributed by atoms with Crippen LogP contribution in [0.25, 0.3) is 11.1 Å². The SMILES string of the molecule is COC(=O)[C@H](CN)NC(=O)[C@@H]1Cc2cc(ccc2Cl)-c2ccc(O)c(c2)C[C@H](N)C(=O)N[C@@H](C[C@@H](O)CN)C(=O)N1.